The van der Waals surface area contributed by atoms with Crippen molar-refractivity contribution >= 4 is 11.9 Å². The van der Waals surface area contributed by atoms with Gasteiger partial charge in [-0.1, -0.05) is 0 Å². The normalized spacial score (nSPS) is 29.9. The maximum atomic E-state index is 12.9. The molecule has 0 N–H and O–H groups in total. The molecular formula is C16H21F3N2O4. The number of hydrogen-bond acceptors (Lipinski definition) is 4. The summed E-state index contributed by atoms with van der Waals surface area (Å²) in [5.41, 5.74) is -1.53. The lowest BCUT2D eigenvalue weighted by atomic mass is 9.51. The Hall–Kier alpha value is -1.35. The molecule has 4 fully saturated rings. The van der Waals surface area contributed by atoms with Crippen LogP contribution in [0.1, 0.15) is 38.5 Å². The minimum atomic E-state index is -4.53. The van der Waals surface area contributed by atoms with Gasteiger partial charge in [0.15, 0.2) is 5.79 Å². The number of amides is 3. The summed E-state index contributed by atoms with van der Waals surface area (Å²) in [6.45, 7) is -0.254. The third-order valence-corrected chi connectivity index (χ3v) is 6.30. The van der Waals surface area contributed by atoms with Gasteiger partial charge in [0.05, 0.1) is 13.2 Å². The second-order valence-electron chi connectivity index (χ2n) is 7.84. The number of likely N-dealkylation sites (N-methyl/N-ethyl adjacent to an activating group) is 1. The summed E-state index contributed by atoms with van der Waals surface area (Å²) >= 11 is 0. The first kappa shape index (κ1) is 17.1. The molecule has 2 saturated carbocycles. The Morgan fingerprint density at radius 2 is 1.60 bits per heavy atom. The van der Waals surface area contributed by atoms with Crippen LogP contribution in [0.25, 0.3) is 0 Å². The Labute approximate surface area is 143 Å². The van der Waals surface area contributed by atoms with Crippen LogP contribution in [0.3, 0.4) is 0 Å². The average Bonchev–Trinajstić information content (AvgIpc) is 3.03. The number of ether oxygens (including phenoxy) is 2. The SMILES string of the molecule is CN1C(=O)N(CC(F)(F)F)C2(CC3(CCC4(CC3)OCCO4)C2)C1=O. The molecule has 6 nitrogen and oxygen atoms in total. The van der Waals surface area contributed by atoms with Gasteiger partial charge in [0.2, 0.25) is 0 Å². The molecule has 2 aliphatic carbocycles. The van der Waals surface area contributed by atoms with Crippen molar-refractivity contribution in [3.8, 4) is 0 Å². The van der Waals surface area contributed by atoms with Crippen molar-refractivity contribution in [1.82, 2.24) is 9.80 Å². The van der Waals surface area contributed by atoms with E-state index in [1.54, 1.807) is 0 Å². The van der Waals surface area contributed by atoms with E-state index >= 15 is 0 Å². The van der Waals surface area contributed by atoms with E-state index in [2.05, 4.69) is 0 Å². The Morgan fingerprint density at radius 1 is 1.04 bits per heavy atom. The van der Waals surface area contributed by atoms with Gasteiger partial charge in [0.25, 0.3) is 5.91 Å². The molecule has 0 atom stereocenters. The summed E-state index contributed by atoms with van der Waals surface area (Å²) in [6.07, 6.45) is -1.11. The van der Waals surface area contributed by atoms with E-state index < -0.39 is 36.0 Å². The van der Waals surface area contributed by atoms with Crippen LogP contribution in [0, 0.1) is 5.41 Å². The van der Waals surface area contributed by atoms with Crippen LogP contribution in [0.15, 0.2) is 0 Å². The molecule has 2 aliphatic heterocycles. The predicted molar refractivity (Wildman–Crippen MR) is 78.4 cm³/mol. The van der Waals surface area contributed by atoms with Crippen molar-refractivity contribution in [1.29, 1.82) is 0 Å². The molecule has 3 amide bonds. The van der Waals surface area contributed by atoms with Crippen LogP contribution in [0.5, 0.6) is 0 Å². The highest BCUT2D eigenvalue weighted by atomic mass is 19.4. The molecule has 2 saturated heterocycles. The third-order valence-electron chi connectivity index (χ3n) is 6.30. The Morgan fingerprint density at radius 3 is 2.12 bits per heavy atom. The third kappa shape index (κ3) is 2.46. The first-order chi connectivity index (χ1) is 11.6. The number of imide groups is 1. The molecule has 2 heterocycles. The van der Waals surface area contributed by atoms with Crippen molar-refractivity contribution in [3.63, 3.8) is 0 Å². The Bertz CT molecular complexity index is 597. The summed E-state index contributed by atoms with van der Waals surface area (Å²) in [5, 5.41) is 0. The summed E-state index contributed by atoms with van der Waals surface area (Å²) in [7, 11) is 1.25. The van der Waals surface area contributed by atoms with Gasteiger partial charge in [-0.05, 0) is 31.1 Å². The van der Waals surface area contributed by atoms with Crippen molar-refractivity contribution in [2.45, 2.75) is 56.0 Å². The van der Waals surface area contributed by atoms with Gasteiger partial charge in [-0.2, -0.15) is 13.2 Å². The van der Waals surface area contributed by atoms with E-state index in [0.717, 1.165) is 22.6 Å². The van der Waals surface area contributed by atoms with Gasteiger partial charge in [0.1, 0.15) is 12.1 Å². The molecule has 0 aromatic rings. The topological polar surface area (TPSA) is 59.1 Å². The molecule has 140 valence electrons. The van der Waals surface area contributed by atoms with Gasteiger partial charge in [-0.25, -0.2) is 4.79 Å². The van der Waals surface area contributed by atoms with Crippen LogP contribution in [0.2, 0.25) is 0 Å². The summed E-state index contributed by atoms with van der Waals surface area (Å²) < 4.78 is 50.1. The van der Waals surface area contributed by atoms with Crippen molar-refractivity contribution in [2.24, 2.45) is 5.41 Å². The van der Waals surface area contributed by atoms with Crippen LogP contribution in [-0.2, 0) is 14.3 Å². The van der Waals surface area contributed by atoms with Crippen molar-refractivity contribution < 1.29 is 32.2 Å². The number of halogens is 3. The summed E-state index contributed by atoms with van der Waals surface area (Å²) in [5.74, 6) is -1.06. The summed E-state index contributed by atoms with van der Waals surface area (Å²) in [6, 6.07) is -0.855. The maximum absolute atomic E-state index is 12.9. The van der Waals surface area contributed by atoms with Crippen LogP contribution < -0.4 is 0 Å². The molecule has 0 bridgehead atoms. The molecular weight excluding hydrogens is 341 g/mol. The lowest BCUT2D eigenvalue weighted by Crippen LogP contribution is -2.65. The second-order valence-corrected chi connectivity index (χ2v) is 7.84. The number of urea groups is 1. The first-order valence-corrected chi connectivity index (χ1v) is 8.55. The number of carbonyl (C=O) groups is 2. The van der Waals surface area contributed by atoms with E-state index in [1.165, 1.54) is 7.05 Å². The highest BCUT2D eigenvalue weighted by Gasteiger charge is 2.69. The van der Waals surface area contributed by atoms with Crippen molar-refractivity contribution in [3.05, 3.63) is 0 Å². The zero-order valence-corrected chi connectivity index (χ0v) is 14.0. The molecule has 9 heteroatoms. The highest BCUT2D eigenvalue weighted by molar-refractivity contribution is 6.07. The fourth-order valence-corrected chi connectivity index (χ4v) is 5.11. The van der Waals surface area contributed by atoms with E-state index in [0.29, 0.717) is 38.9 Å². The first-order valence-electron chi connectivity index (χ1n) is 8.55. The zero-order chi connectivity index (χ0) is 18.1. The maximum Gasteiger partial charge on any atom is 0.406 e. The second kappa shape index (κ2) is 5.09. The van der Waals surface area contributed by atoms with Gasteiger partial charge in [0, 0.05) is 19.9 Å². The zero-order valence-electron chi connectivity index (χ0n) is 14.0. The van der Waals surface area contributed by atoms with Gasteiger partial charge in [-0.15, -0.1) is 0 Å². The van der Waals surface area contributed by atoms with Gasteiger partial charge < -0.3 is 14.4 Å². The Balaban J connectivity index is 1.51. The summed E-state index contributed by atoms with van der Waals surface area (Å²) in [4.78, 5) is 26.3. The van der Waals surface area contributed by atoms with Crippen molar-refractivity contribution in [2.75, 3.05) is 26.8 Å². The van der Waals surface area contributed by atoms with Gasteiger partial charge >= 0.3 is 12.2 Å². The molecule has 4 aliphatic rings. The molecule has 0 unspecified atom stereocenters. The van der Waals surface area contributed by atoms with Crippen LogP contribution >= 0.6 is 0 Å². The van der Waals surface area contributed by atoms with Crippen LogP contribution in [-0.4, -0.2) is 66.0 Å². The fraction of sp³-hybridized carbons (Fsp3) is 0.875. The Kier molecular flexibility index (Phi) is 3.48. The largest absolute Gasteiger partial charge is 0.406 e. The smallest absolute Gasteiger partial charge is 0.348 e. The van der Waals surface area contributed by atoms with Gasteiger partial charge in [-0.3, -0.25) is 9.69 Å². The standard InChI is InChI=1S/C16H21F3N2O4/c1-20-11(22)14(21(12(20)23)10-16(17,18)19)8-13(9-14)2-4-15(5-3-13)24-6-7-25-15/h2-10H2,1H3. The number of hydrogen-bond donors (Lipinski definition) is 0. The number of rotatable bonds is 1. The molecule has 25 heavy (non-hydrogen) atoms. The monoisotopic (exact) mass is 362 g/mol. The van der Waals surface area contributed by atoms with E-state index in [4.69, 9.17) is 9.47 Å². The number of alkyl halides is 3. The fourth-order valence-electron chi connectivity index (χ4n) is 5.11. The lowest BCUT2D eigenvalue weighted by Gasteiger charge is -2.59. The van der Waals surface area contributed by atoms with E-state index in [-0.39, 0.29) is 5.41 Å². The van der Waals surface area contributed by atoms with E-state index in [1.807, 2.05) is 0 Å². The minimum absolute atomic E-state index is 0.203. The quantitative estimate of drug-likeness (QED) is 0.672. The molecule has 3 spiro atoms. The lowest BCUT2D eigenvalue weighted by molar-refractivity contribution is -0.214. The predicted octanol–water partition coefficient (Wildman–Crippen LogP) is 2.28. The van der Waals surface area contributed by atoms with E-state index in [9.17, 15) is 22.8 Å². The highest BCUT2D eigenvalue weighted by Crippen LogP contribution is 2.63. The molecule has 0 aromatic heterocycles. The average molecular weight is 362 g/mol. The molecule has 0 aromatic carbocycles. The molecule has 4 rings (SSSR count). The van der Waals surface area contributed by atoms with Crippen LogP contribution in [0.4, 0.5) is 18.0 Å². The molecule has 0 radical (unpaired) electrons. The number of carbonyl (C=O) groups excluding carboxylic acids is 2. The number of nitrogens with zero attached hydrogens (tertiary/aromatic N) is 2. The minimum Gasteiger partial charge on any atom is -0.348 e.